The minimum Gasteiger partial charge on any atom is -0.493 e. The first-order valence-electron chi connectivity index (χ1n) is 5.16. The van der Waals surface area contributed by atoms with Crippen molar-refractivity contribution in [2.75, 3.05) is 14.2 Å². The van der Waals surface area contributed by atoms with Gasteiger partial charge in [-0.25, -0.2) is 0 Å². The highest BCUT2D eigenvalue weighted by atomic mass is 127. The predicted octanol–water partition coefficient (Wildman–Crippen LogP) is 3.60. The van der Waals surface area contributed by atoms with Crippen molar-refractivity contribution in [1.29, 1.82) is 0 Å². The topological polar surface area (TPSA) is 35.5 Å². The molecule has 0 aliphatic heterocycles. The van der Waals surface area contributed by atoms with E-state index in [9.17, 15) is 4.79 Å². The fourth-order valence-corrected chi connectivity index (χ4v) is 2.90. The molecule has 2 rings (SSSR count). The lowest BCUT2D eigenvalue weighted by molar-refractivity contribution is 0.103. The van der Waals surface area contributed by atoms with E-state index in [0.29, 0.717) is 22.6 Å². The van der Waals surface area contributed by atoms with Crippen LogP contribution in [0.1, 0.15) is 15.9 Å². The van der Waals surface area contributed by atoms with Gasteiger partial charge < -0.3 is 9.47 Å². The second-order valence-electron chi connectivity index (χ2n) is 3.54. The van der Waals surface area contributed by atoms with Crippen LogP contribution in [0.5, 0.6) is 11.5 Å². The fourth-order valence-electron chi connectivity index (χ4n) is 1.57. The van der Waals surface area contributed by atoms with Crippen molar-refractivity contribution in [3.8, 4) is 11.5 Å². The van der Waals surface area contributed by atoms with Gasteiger partial charge in [0.25, 0.3) is 0 Å². The van der Waals surface area contributed by atoms with E-state index in [1.807, 2.05) is 11.4 Å². The molecule has 0 N–H and O–H groups in total. The molecule has 94 valence electrons. The Bertz CT molecular complexity index is 577. The van der Waals surface area contributed by atoms with Crippen LogP contribution in [0.25, 0.3) is 0 Å². The van der Waals surface area contributed by atoms with Gasteiger partial charge in [-0.05, 0) is 46.9 Å². The van der Waals surface area contributed by atoms with Gasteiger partial charge in [0.15, 0.2) is 17.3 Å². The summed E-state index contributed by atoms with van der Waals surface area (Å²) >= 11 is 3.76. The lowest BCUT2D eigenvalue weighted by Gasteiger charge is -2.08. The highest BCUT2D eigenvalue weighted by molar-refractivity contribution is 14.1. The van der Waals surface area contributed by atoms with E-state index in [0.717, 1.165) is 2.88 Å². The quantitative estimate of drug-likeness (QED) is 0.606. The molecule has 0 unspecified atom stereocenters. The molecule has 3 nitrogen and oxygen atoms in total. The van der Waals surface area contributed by atoms with Gasteiger partial charge in [0.05, 0.1) is 17.1 Å². The summed E-state index contributed by atoms with van der Waals surface area (Å²) in [5, 5.41) is 1.86. The zero-order valence-corrected chi connectivity index (χ0v) is 12.9. The fraction of sp³-hybridized carbons (Fsp3) is 0.154. The number of benzene rings is 1. The molecule has 0 fully saturated rings. The average molecular weight is 374 g/mol. The van der Waals surface area contributed by atoms with Gasteiger partial charge in [-0.2, -0.15) is 0 Å². The van der Waals surface area contributed by atoms with Crippen molar-refractivity contribution in [3.05, 3.63) is 43.7 Å². The molecular weight excluding hydrogens is 363 g/mol. The summed E-state index contributed by atoms with van der Waals surface area (Å²) in [6.07, 6.45) is 0. The van der Waals surface area contributed by atoms with E-state index in [1.165, 1.54) is 0 Å². The Morgan fingerprint density at radius 1 is 1.11 bits per heavy atom. The highest BCUT2D eigenvalue weighted by Gasteiger charge is 2.13. The molecule has 1 aromatic carbocycles. The van der Waals surface area contributed by atoms with Gasteiger partial charge in [0.1, 0.15) is 0 Å². The summed E-state index contributed by atoms with van der Waals surface area (Å²) in [7, 11) is 3.13. The maximum absolute atomic E-state index is 12.2. The number of carbonyl (C=O) groups excluding carboxylic acids is 1. The van der Waals surface area contributed by atoms with Crippen LogP contribution in [0.2, 0.25) is 0 Å². The number of ketones is 1. The van der Waals surface area contributed by atoms with Gasteiger partial charge in [-0.15, -0.1) is 11.3 Å². The molecule has 1 heterocycles. The number of rotatable bonds is 4. The van der Waals surface area contributed by atoms with E-state index < -0.39 is 0 Å². The number of hydrogen-bond acceptors (Lipinski definition) is 4. The molecule has 0 radical (unpaired) electrons. The average Bonchev–Trinajstić information content (AvgIpc) is 2.83. The number of ether oxygens (including phenoxy) is 2. The van der Waals surface area contributed by atoms with E-state index in [-0.39, 0.29) is 5.78 Å². The van der Waals surface area contributed by atoms with Gasteiger partial charge in [-0.3, -0.25) is 4.79 Å². The summed E-state index contributed by atoms with van der Waals surface area (Å²) in [6, 6.07) is 7.06. The Kier molecular flexibility index (Phi) is 4.23. The third kappa shape index (κ3) is 2.67. The smallest absolute Gasteiger partial charge is 0.194 e. The maximum Gasteiger partial charge on any atom is 0.194 e. The summed E-state index contributed by atoms with van der Waals surface area (Å²) < 4.78 is 11.4. The van der Waals surface area contributed by atoms with Gasteiger partial charge >= 0.3 is 0 Å². The molecule has 0 saturated carbocycles. The summed E-state index contributed by atoms with van der Waals surface area (Å²) in [5.74, 6) is 1.18. The zero-order chi connectivity index (χ0) is 13.1. The van der Waals surface area contributed by atoms with Crippen molar-refractivity contribution < 1.29 is 14.3 Å². The van der Waals surface area contributed by atoms with Crippen molar-refractivity contribution in [1.82, 2.24) is 0 Å². The maximum atomic E-state index is 12.2. The molecule has 0 aliphatic carbocycles. The standard InChI is InChI=1S/C13H11IO3S/c1-16-10-4-3-8(5-11(10)17-2)13(15)9-6-12(14)18-7-9/h3-7H,1-2H3. The largest absolute Gasteiger partial charge is 0.493 e. The van der Waals surface area contributed by atoms with E-state index in [1.54, 1.807) is 43.8 Å². The molecular formula is C13H11IO3S. The molecule has 0 bridgehead atoms. The monoisotopic (exact) mass is 374 g/mol. The van der Waals surface area contributed by atoms with Crippen LogP contribution in [-0.2, 0) is 0 Å². The summed E-state index contributed by atoms with van der Waals surface area (Å²) in [4.78, 5) is 12.2. The Labute approximate surface area is 123 Å². The summed E-state index contributed by atoms with van der Waals surface area (Å²) in [5.41, 5.74) is 1.30. The van der Waals surface area contributed by atoms with E-state index >= 15 is 0 Å². The Morgan fingerprint density at radius 3 is 2.39 bits per heavy atom. The van der Waals surface area contributed by atoms with Crippen LogP contribution in [0.4, 0.5) is 0 Å². The van der Waals surface area contributed by atoms with Crippen molar-refractivity contribution >= 4 is 39.7 Å². The second-order valence-corrected chi connectivity index (χ2v) is 6.34. The Morgan fingerprint density at radius 2 is 1.83 bits per heavy atom. The van der Waals surface area contributed by atoms with Crippen LogP contribution in [0.3, 0.4) is 0 Å². The third-order valence-corrected chi connectivity index (χ3v) is 4.26. The molecule has 1 aromatic heterocycles. The lowest BCUT2D eigenvalue weighted by Crippen LogP contribution is -2.01. The van der Waals surface area contributed by atoms with Crippen LogP contribution in [0.15, 0.2) is 29.6 Å². The molecule has 18 heavy (non-hydrogen) atoms. The van der Waals surface area contributed by atoms with E-state index in [4.69, 9.17) is 9.47 Å². The van der Waals surface area contributed by atoms with Gasteiger partial charge in [0, 0.05) is 16.5 Å². The van der Waals surface area contributed by atoms with Crippen molar-refractivity contribution in [2.45, 2.75) is 0 Å². The van der Waals surface area contributed by atoms with Crippen LogP contribution in [0, 0.1) is 2.88 Å². The molecule has 0 aliphatic rings. The van der Waals surface area contributed by atoms with Crippen molar-refractivity contribution in [3.63, 3.8) is 0 Å². The Hall–Kier alpha value is -1.08. The first-order chi connectivity index (χ1) is 8.65. The first-order valence-corrected chi connectivity index (χ1v) is 7.12. The van der Waals surface area contributed by atoms with Crippen molar-refractivity contribution in [2.24, 2.45) is 0 Å². The highest BCUT2D eigenvalue weighted by Crippen LogP contribution is 2.29. The number of hydrogen-bond donors (Lipinski definition) is 0. The predicted molar refractivity (Wildman–Crippen MR) is 80.0 cm³/mol. The lowest BCUT2D eigenvalue weighted by atomic mass is 10.1. The first kappa shape index (κ1) is 13.4. The Balaban J connectivity index is 2.36. The molecule has 5 heteroatoms. The number of methoxy groups -OCH3 is 2. The van der Waals surface area contributed by atoms with Crippen LogP contribution >= 0.6 is 33.9 Å². The van der Waals surface area contributed by atoms with Gasteiger partial charge in [0.2, 0.25) is 0 Å². The second kappa shape index (κ2) is 5.71. The molecule has 0 spiro atoms. The summed E-state index contributed by atoms with van der Waals surface area (Å²) in [6.45, 7) is 0. The van der Waals surface area contributed by atoms with Gasteiger partial charge in [-0.1, -0.05) is 0 Å². The molecule has 0 atom stereocenters. The number of halogens is 1. The molecule has 2 aromatic rings. The minimum absolute atomic E-state index is 0.00452. The normalized spacial score (nSPS) is 10.2. The number of carbonyl (C=O) groups is 1. The number of thiophene rings is 1. The molecule has 0 saturated heterocycles. The van der Waals surface area contributed by atoms with Crippen LogP contribution in [-0.4, -0.2) is 20.0 Å². The van der Waals surface area contributed by atoms with E-state index in [2.05, 4.69) is 22.6 Å². The SMILES string of the molecule is COc1ccc(C(=O)c2csc(I)c2)cc1OC. The zero-order valence-electron chi connectivity index (χ0n) is 9.90. The molecule has 0 amide bonds. The third-order valence-electron chi connectivity index (χ3n) is 2.48. The minimum atomic E-state index is -0.00452. The van der Waals surface area contributed by atoms with Crippen LogP contribution < -0.4 is 9.47 Å².